The Hall–Kier alpha value is -3.07. The summed E-state index contributed by atoms with van der Waals surface area (Å²) in [7, 11) is 3.16. The molecule has 0 aliphatic heterocycles. The molecular formula is C25H29FN4O3S. The summed E-state index contributed by atoms with van der Waals surface area (Å²) < 4.78 is 27.1. The number of carbonyl (C=O) groups excluding carboxylic acids is 1. The second-order valence-corrected chi connectivity index (χ2v) is 9.15. The van der Waals surface area contributed by atoms with E-state index < -0.39 is 0 Å². The maximum atomic E-state index is 14.5. The molecule has 0 atom stereocenters. The second kappa shape index (κ2) is 11.4. The summed E-state index contributed by atoms with van der Waals surface area (Å²) in [6.07, 6.45) is 5.44. The molecule has 0 radical (unpaired) electrons. The second-order valence-electron chi connectivity index (χ2n) is 8.20. The van der Waals surface area contributed by atoms with Crippen molar-refractivity contribution >= 4 is 17.7 Å². The number of hydrogen-bond donors (Lipinski definition) is 1. The van der Waals surface area contributed by atoms with E-state index in [-0.39, 0.29) is 23.5 Å². The molecule has 0 bridgehead atoms. The quantitative estimate of drug-likeness (QED) is 0.430. The van der Waals surface area contributed by atoms with Crippen LogP contribution in [0.25, 0.3) is 11.4 Å². The smallest absolute Gasteiger partial charge is 0.230 e. The van der Waals surface area contributed by atoms with Gasteiger partial charge < -0.3 is 14.8 Å². The molecule has 4 rings (SSSR count). The molecule has 7 nitrogen and oxygen atoms in total. The molecule has 1 N–H and O–H groups in total. The van der Waals surface area contributed by atoms with E-state index in [0.29, 0.717) is 34.6 Å². The lowest BCUT2D eigenvalue weighted by atomic mass is 9.95. The van der Waals surface area contributed by atoms with Gasteiger partial charge in [0.15, 0.2) is 22.5 Å². The third-order valence-corrected chi connectivity index (χ3v) is 6.93. The number of thioether (sulfide) groups is 1. The summed E-state index contributed by atoms with van der Waals surface area (Å²) in [5.41, 5.74) is 1.34. The molecule has 1 fully saturated rings. The van der Waals surface area contributed by atoms with Gasteiger partial charge in [0.05, 0.1) is 25.5 Å². The number of ether oxygens (including phenoxy) is 2. The first kappa shape index (κ1) is 24.1. The van der Waals surface area contributed by atoms with Gasteiger partial charge in [0.1, 0.15) is 5.82 Å². The number of amides is 1. The van der Waals surface area contributed by atoms with Crippen LogP contribution in [-0.2, 0) is 11.3 Å². The molecular weight excluding hydrogens is 455 g/mol. The normalized spacial score (nSPS) is 14.1. The van der Waals surface area contributed by atoms with E-state index in [1.807, 2.05) is 22.8 Å². The predicted molar refractivity (Wildman–Crippen MR) is 130 cm³/mol. The molecule has 1 saturated carbocycles. The SMILES string of the molecule is COc1ccc(CNC(=O)CSc2nnc(-c3ccccc3F)n2C2CCCCC2)cc1OC. The number of methoxy groups -OCH3 is 2. The molecule has 1 amide bonds. The Balaban J connectivity index is 1.45. The van der Waals surface area contributed by atoms with Crippen LogP contribution in [0.4, 0.5) is 4.39 Å². The van der Waals surface area contributed by atoms with E-state index in [2.05, 4.69) is 15.5 Å². The average Bonchev–Trinajstić information content (AvgIpc) is 3.30. The Labute approximate surface area is 203 Å². The monoisotopic (exact) mass is 484 g/mol. The molecule has 0 unspecified atom stereocenters. The van der Waals surface area contributed by atoms with E-state index >= 15 is 0 Å². The number of carbonyl (C=O) groups is 1. The molecule has 1 aliphatic carbocycles. The van der Waals surface area contributed by atoms with Gasteiger partial charge in [0.2, 0.25) is 5.91 Å². The lowest BCUT2D eigenvalue weighted by Gasteiger charge is -2.25. The molecule has 0 saturated heterocycles. The molecule has 1 aromatic heterocycles. The number of aromatic nitrogens is 3. The van der Waals surface area contributed by atoms with Crippen molar-refractivity contribution in [3.63, 3.8) is 0 Å². The van der Waals surface area contributed by atoms with Crippen molar-refractivity contribution < 1.29 is 18.7 Å². The molecule has 2 aromatic carbocycles. The van der Waals surface area contributed by atoms with Gasteiger partial charge in [0.25, 0.3) is 0 Å². The Kier molecular flexibility index (Phi) is 8.05. The minimum Gasteiger partial charge on any atom is -0.493 e. The third-order valence-electron chi connectivity index (χ3n) is 5.99. The van der Waals surface area contributed by atoms with Crippen molar-refractivity contribution in [1.29, 1.82) is 0 Å². The molecule has 3 aromatic rings. The van der Waals surface area contributed by atoms with Crippen molar-refractivity contribution in [2.24, 2.45) is 0 Å². The summed E-state index contributed by atoms with van der Waals surface area (Å²) in [4.78, 5) is 12.6. The zero-order chi connectivity index (χ0) is 23.9. The highest BCUT2D eigenvalue weighted by molar-refractivity contribution is 7.99. The van der Waals surface area contributed by atoms with E-state index in [1.54, 1.807) is 32.4 Å². The Morgan fingerprint density at radius 3 is 2.59 bits per heavy atom. The van der Waals surface area contributed by atoms with E-state index in [1.165, 1.54) is 24.2 Å². The maximum absolute atomic E-state index is 14.5. The first-order chi connectivity index (χ1) is 16.6. The van der Waals surface area contributed by atoms with Crippen LogP contribution in [0.1, 0.15) is 43.7 Å². The van der Waals surface area contributed by atoms with E-state index in [0.717, 1.165) is 31.2 Å². The summed E-state index contributed by atoms with van der Waals surface area (Å²) in [6.45, 7) is 0.371. The van der Waals surface area contributed by atoms with E-state index in [9.17, 15) is 9.18 Å². The van der Waals surface area contributed by atoms with Gasteiger partial charge >= 0.3 is 0 Å². The van der Waals surface area contributed by atoms with Gasteiger partial charge in [-0.1, -0.05) is 49.2 Å². The average molecular weight is 485 g/mol. The van der Waals surface area contributed by atoms with E-state index in [4.69, 9.17) is 9.47 Å². The molecule has 1 aliphatic rings. The first-order valence-electron chi connectivity index (χ1n) is 11.4. The molecule has 9 heteroatoms. The molecule has 0 spiro atoms. The van der Waals surface area contributed by atoms with Gasteiger partial charge in [-0.25, -0.2) is 4.39 Å². The number of nitrogens with one attached hydrogen (secondary N) is 1. The van der Waals surface area contributed by atoms with Gasteiger partial charge in [-0.05, 0) is 42.7 Å². The van der Waals surface area contributed by atoms with Crippen molar-refractivity contribution in [2.45, 2.75) is 49.8 Å². The first-order valence-corrected chi connectivity index (χ1v) is 12.4. The van der Waals surface area contributed by atoms with Gasteiger partial charge in [-0.2, -0.15) is 0 Å². The largest absolute Gasteiger partial charge is 0.493 e. The summed E-state index contributed by atoms with van der Waals surface area (Å²) >= 11 is 1.33. The summed E-state index contributed by atoms with van der Waals surface area (Å²) in [5, 5.41) is 12.2. The van der Waals surface area contributed by atoms with Crippen molar-refractivity contribution in [3.8, 4) is 22.9 Å². The molecule has 180 valence electrons. The van der Waals surface area contributed by atoms with Crippen LogP contribution < -0.4 is 14.8 Å². The van der Waals surface area contributed by atoms with Gasteiger partial charge in [-0.15, -0.1) is 10.2 Å². The van der Waals surface area contributed by atoms with Crippen LogP contribution >= 0.6 is 11.8 Å². The Bertz CT molecular complexity index is 1130. The molecule has 1 heterocycles. The van der Waals surface area contributed by atoms with Gasteiger partial charge in [-0.3, -0.25) is 9.36 Å². The van der Waals surface area contributed by atoms with Crippen molar-refractivity contribution in [1.82, 2.24) is 20.1 Å². The van der Waals surface area contributed by atoms with Crippen LogP contribution in [0.3, 0.4) is 0 Å². The minimum atomic E-state index is -0.323. The zero-order valence-corrected chi connectivity index (χ0v) is 20.2. The van der Waals surface area contributed by atoms with Crippen LogP contribution in [-0.4, -0.2) is 40.6 Å². The fourth-order valence-corrected chi connectivity index (χ4v) is 5.08. The van der Waals surface area contributed by atoms with Crippen LogP contribution in [0.15, 0.2) is 47.6 Å². The highest BCUT2D eigenvalue weighted by Crippen LogP contribution is 2.36. The number of halogens is 1. The highest BCUT2D eigenvalue weighted by atomic mass is 32.2. The Morgan fingerprint density at radius 1 is 1.09 bits per heavy atom. The standard InChI is InChI=1S/C25H29FN4O3S/c1-32-21-13-12-17(14-22(21)33-2)15-27-23(31)16-34-25-29-28-24(19-10-6-7-11-20(19)26)30(25)18-8-4-3-5-9-18/h6-7,10-14,18H,3-5,8-9,15-16H2,1-2H3,(H,27,31). The van der Waals surface area contributed by atoms with Crippen LogP contribution in [0.5, 0.6) is 11.5 Å². The number of rotatable bonds is 9. The highest BCUT2D eigenvalue weighted by Gasteiger charge is 2.25. The topological polar surface area (TPSA) is 78.3 Å². The predicted octanol–water partition coefficient (Wildman–Crippen LogP) is 5.02. The summed E-state index contributed by atoms with van der Waals surface area (Å²) in [6, 6.07) is 12.4. The maximum Gasteiger partial charge on any atom is 0.230 e. The fourth-order valence-electron chi connectivity index (χ4n) is 4.24. The zero-order valence-electron chi connectivity index (χ0n) is 19.4. The van der Waals surface area contributed by atoms with Gasteiger partial charge in [0, 0.05) is 12.6 Å². The number of nitrogens with zero attached hydrogens (tertiary/aromatic N) is 3. The van der Waals surface area contributed by atoms with Crippen LogP contribution in [0, 0.1) is 5.82 Å². The summed E-state index contributed by atoms with van der Waals surface area (Å²) in [5.74, 6) is 1.53. The van der Waals surface area contributed by atoms with Crippen molar-refractivity contribution in [3.05, 3.63) is 53.8 Å². The Morgan fingerprint density at radius 2 is 1.85 bits per heavy atom. The number of benzene rings is 2. The lowest BCUT2D eigenvalue weighted by molar-refractivity contribution is -0.118. The third kappa shape index (κ3) is 5.52. The number of hydrogen-bond acceptors (Lipinski definition) is 6. The van der Waals surface area contributed by atoms with Crippen LogP contribution in [0.2, 0.25) is 0 Å². The molecule has 34 heavy (non-hydrogen) atoms. The van der Waals surface area contributed by atoms with Crippen molar-refractivity contribution in [2.75, 3.05) is 20.0 Å². The minimum absolute atomic E-state index is 0.120. The fraction of sp³-hybridized carbons (Fsp3) is 0.400. The lowest BCUT2D eigenvalue weighted by Crippen LogP contribution is -2.25.